The summed E-state index contributed by atoms with van der Waals surface area (Å²) in [6.45, 7) is 4.08. The summed E-state index contributed by atoms with van der Waals surface area (Å²) in [5.41, 5.74) is 1.15. The molecule has 1 atom stereocenters. The molecule has 1 aromatic heterocycles. The van der Waals surface area contributed by atoms with E-state index < -0.39 is 0 Å². The molecule has 0 aliphatic heterocycles. The van der Waals surface area contributed by atoms with Crippen LogP contribution in [0.4, 0.5) is 0 Å². The highest BCUT2D eigenvalue weighted by atomic mass is 79.9. The number of hydrogen-bond acceptors (Lipinski definition) is 2. The van der Waals surface area contributed by atoms with Crippen molar-refractivity contribution in [2.45, 2.75) is 19.9 Å². The molecule has 3 nitrogen and oxygen atoms in total. The largest absolute Gasteiger partial charge is 0.308 e. The predicted octanol–water partition coefficient (Wildman–Crippen LogP) is 2.67. The fourth-order valence-electron chi connectivity index (χ4n) is 1.46. The molecule has 0 bridgehead atoms. The van der Waals surface area contributed by atoms with Crippen LogP contribution in [0.1, 0.15) is 12.6 Å². The van der Waals surface area contributed by atoms with E-state index in [0.717, 1.165) is 35.6 Å². The Hall–Kier alpha value is -0.0600. The van der Waals surface area contributed by atoms with Gasteiger partial charge in [-0.25, -0.2) is 0 Å². The Morgan fingerprint density at radius 2 is 2.25 bits per heavy atom. The normalized spacial score (nSPS) is 13.4. The molecule has 0 aliphatic rings. The average Bonchev–Trinajstić information content (AvgIpc) is 2.57. The van der Waals surface area contributed by atoms with Crippen molar-refractivity contribution < 1.29 is 0 Å². The Balaban J connectivity index is 2.69. The Labute approximate surface area is 111 Å². The van der Waals surface area contributed by atoms with E-state index in [1.807, 2.05) is 4.68 Å². The van der Waals surface area contributed by atoms with E-state index in [4.69, 9.17) is 11.6 Å². The molecule has 1 heterocycles. The van der Waals surface area contributed by atoms with Crippen LogP contribution >= 0.6 is 27.5 Å². The topological polar surface area (TPSA) is 21.1 Å². The number of rotatable bonds is 6. The quantitative estimate of drug-likeness (QED) is 0.753. The second-order valence-electron chi connectivity index (χ2n) is 4.43. The van der Waals surface area contributed by atoms with Gasteiger partial charge in [-0.3, -0.25) is 4.68 Å². The van der Waals surface area contributed by atoms with Gasteiger partial charge in [0.15, 0.2) is 0 Å². The Kier molecular flexibility index (Phi) is 5.79. The molecular weight excluding hydrogens is 289 g/mol. The van der Waals surface area contributed by atoms with Gasteiger partial charge < -0.3 is 4.90 Å². The summed E-state index contributed by atoms with van der Waals surface area (Å²) in [6, 6.07) is 0. The first-order chi connectivity index (χ1) is 7.54. The fourth-order valence-corrected chi connectivity index (χ4v) is 1.91. The van der Waals surface area contributed by atoms with Crippen molar-refractivity contribution in [2.75, 3.05) is 26.0 Å². The molecule has 5 heteroatoms. The maximum absolute atomic E-state index is 6.15. The van der Waals surface area contributed by atoms with Crippen molar-refractivity contribution in [3.8, 4) is 0 Å². The van der Waals surface area contributed by atoms with Crippen molar-refractivity contribution in [3.63, 3.8) is 0 Å². The molecule has 92 valence electrons. The Morgan fingerprint density at radius 1 is 1.56 bits per heavy atom. The van der Waals surface area contributed by atoms with Crippen LogP contribution in [0.5, 0.6) is 0 Å². The molecule has 0 aliphatic carbocycles. The lowest BCUT2D eigenvalue weighted by molar-refractivity contribution is 0.367. The monoisotopic (exact) mass is 307 g/mol. The molecule has 1 rings (SSSR count). The number of nitrogens with zero attached hydrogens (tertiary/aromatic N) is 3. The van der Waals surface area contributed by atoms with E-state index in [1.54, 1.807) is 6.20 Å². The summed E-state index contributed by atoms with van der Waals surface area (Å²) in [5.74, 6) is 0.576. The van der Waals surface area contributed by atoms with Gasteiger partial charge in [-0.1, -0.05) is 34.5 Å². The van der Waals surface area contributed by atoms with E-state index in [2.05, 4.69) is 46.9 Å². The standard InChI is InChI=1S/C11H19BrClN3/c1-9(7-12)6-11-10(13)8-14-16(11)5-4-15(2)3/h8-9H,4-7H2,1-3H3. The first kappa shape index (κ1) is 14.0. The minimum Gasteiger partial charge on any atom is -0.308 e. The van der Waals surface area contributed by atoms with Gasteiger partial charge in [-0.05, 0) is 26.4 Å². The zero-order valence-corrected chi connectivity index (χ0v) is 12.4. The highest BCUT2D eigenvalue weighted by Gasteiger charge is 2.12. The zero-order valence-electron chi connectivity index (χ0n) is 10.1. The van der Waals surface area contributed by atoms with Crippen molar-refractivity contribution in [1.29, 1.82) is 0 Å². The van der Waals surface area contributed by atoms with E-state index in [9.17, 15) is 0 Å². The lowest BCUT2D eigenvalue weighted by Crippen LogP contribution is -2.20. The van der Waals surface area contributed by atoms with Gasteiger partial charge in [-0.15, -0.1) is 0 Å². The third-order valence-corrected chi connectivity index (χ3v) is 3.88. The fraction of sp³-hybridized carbons (Fsp3) is 0.727. The molecule has 0 saturated carbocycles. The van der Waals surface area contributed by atoms with Gasteiger partial charge >= 0.3 is 0 Å². The predicted molar refractivity (Wildman–Crippen MR) is 72.5 cm³/mol. The highest BCUT2D eigenvalue weighted by Crippen LogP contribution is 2.19. The number of halogens is 2. The maximum Gasteiger partial charge on any atom is 0.0817 e. The van der Waals surface area contributed by atoms with Crippen LogP contribution in [-0.4, -0.2) is 40.7 Å². The van der Waals surface area contributed by atoms with Crippen LogP contribution in [0, 0.1) is 5.92 Å². The molecule has 0 radical (unpaired) electrons. The third kappa shape index (κ3) is 4.07. The molecule has 1 aromatic rings. The number of aromatic nitrogens is 2. The van der Waals surface area contributed by atoms with Gasteiger partial charge in [0.1, 0.15) is 0 Å². The number of alkyl halides is 1. The summed E-state index contributed by atoms with van der Waals surface area (Å²) in [4.78, 5) is 2.15. The second-order valence-corrected chi connectivity index (χ2v) is 5.48. The van der Waals surface area contributed by atoms with Crippen molar-refractivity contribution in [2.24, 2.45) is 5.92 Å². The average molecular weight is 309 g/mol. The molecule has 0 aromatic carbocycles. The van der Waals surface area contributed by atoms with Crippen LogP contribution in [0.15, 0.2) is 6.20 Å². The summed E-state index contributed by atoms with van der Waals surface area (Å²) in [5, 5.41) is 6.09. The van der Waals surface area contributed by atoms with Gasteiger partial charge in [0.05, 0.1) is 23.5 Å². The van der Waals surface area contributed by atoms with E-state index >= 15 is 0 Å². The molecule has 0 saturated heterocycles. The van der Waals surface area contributed by atoms with Crippen LogP contribution in [0.25, 0.3) is 0 Å². The molecule has 16 heavy (non-hydrogen) atoms. The number of hydrogen-bond donors (Lipinski definition) is 0. The maximum atomic E-state index is 6.15. The first-order valence-electron chi connectivity index (χ1n) is 5.45. The van der Waals surface area contributed by atoms with Crippen LogP contribution in [0.2, 0.25) is 5.02 Å². The minimum atomic E-state index is 0.576. The van der Waals surface area contributed by atoms with Crippen molar-refractivity contribution >= 4 is 27.5 Å². The van der Waals surface area contributed by atoms with E-state index in [1.165, 1.54) is 0 Å². The second kappa shape index (κ2) is 6.62. The third-order valence-electron chi connectivity index (χ3n) is 2.46. The highest BCUT2D eigenvalue weighted by molar-refractivity contribution is 9.09. The zero-order chi connectivity index (χ0) is 12.1. The molecule has 0 spiro atoms. The van der Waals surface area contributed by atoms with Crippen LogP contribution in [-0.2, 0) is 13.0 Å². The molecule has 0 amide bonds. The summed E-state index contributed by atoms with van der Waals surface area (Å²) in [7, 11) is 4.12. The lowest BCUT2D eigenvalue weighted by Gasteiger charge is -2.14. The van der Waals surface area contributed by atoms with Gasteiger partial charge in [-0.2, -0.15) is 5.10 Å². The number of likely N-dealkylation sites (N-methyl/N-ethyl adjacent to an activating group) is 1. The molecule has 0 fully saturated rings. The van der Waals surface area contributed by atoms with Gasteiger partial charge in [0.25, 0.3) is 0 Å². The molecule has 0 N–H and O–H groups in total. The van der Waals surface area contributed by atoms with E-state index in [0.29, 0.717) is 5.92 Å². The van der Waals surface area contributed by atoms with Crippen LogP contribution in [0.3, 0.4) is 0 Å². The van der Waals surface area contributed by atoms with Crippen molar-refractivity contribution in [1.82, 2.24) is 14.7 Å². The molecule has 1 unspecified atom stereocenters. The first-order valence-corrected chi connectivity index (χ1v) is 6.95. The van der Waals surface area contributed by atoms with Gasteiger partial charge in [0.2, 0.25) is 0 Å². The van der Waals surface area contributed by atoms with E-state index in [-0.39, 0.29) is 0 Å². The van der Waals surface area contributed by atoms with Crippen LogP contribution < -0.4 is 0 Å². The Bertz CT molecular complexity index is 325. The minimum absolute atomic E-state index is 0.576. The summed E-state index contributed by atoms with van der Waals surface area (Å²) < 4.78 is 2.02. The lowest BCUT2D eigenvalue weighted by atomic mass is 10.1. The van der Waals surface area contributed by atoms with Crippen molar-refractivity contribution in [3.05, 3.63) is 16.9 Å². The SMILES string of the molecule is CC(CBr)Cc1c(Cl)cnn1CCN(C)C. The summed E-state index contributed by atoms with van der Waals surface area (Å²) >= 11 is 9.64. The smallest absolute Gasteiger partial charge is 0.0817 e. The van der Waals surface area contributed by atoms with Gasteiger partial charge in [0, 0.05) is 11.9 Å². The molecular formula is C11H19BrClN3. The summed E-state index contributed by atoms with van der Waals surface area (Å²) in [6.07, 6.45) is 2.71. The Morgan fingerprint density at radius 3 is 2.81 bits per heavy atom.